The number of sulfonamides is 1. The smallest absolute Gasteiger partial charge is 0.236 e. The van der Waals surface area contributed by atoms with Crippen LogP contribution in [0.5, 0.6) is 5.88 Å². The molecule has 0 bridgehead atoms. The second kappa shape index (κ2) is 8.06. The molecule has 114 valence electrons. The molecule has 0 radical (unpaired) electrons. The third-order valence-electron chi connectivity index (χ3n) is 2.68. The van der Waals surface area contributed by atoms with Crippen molar-refractivity contribution in [1.82, 2.24) is 10.3 Å². The average molecular weight is 301 g/mol. The van der Waals surface area contributed by atoms with Gasteiger partial charge < -0.3 is 10.1 Å². The lowest BCUT2D eigenvalue weighted by molar-refractivity contribution is 0.327. The third-order valence-corrected chi connectivity index (χ3v) is 4.42. The number of nitrogens with one attached hydrogen (secondary N) is 2. The van der Waals surface area contributed by atoms with Crippen molar-refractivity contribution < 1.29 is 13.2 Å². The van der Waals surface area contributed by atoms with Crippen LogP contribution in [0.25, 0.3) is 0 Å². The van der Waals surface area contributed by atoms with E-state index >= 15 is 0 Å². The predicted octanol–water partition coefficient (Wildman–Crippen LogP) is 1.61. The van der Waals surface area contributed by atoms with Crippen molar-refractivity contribution in [3.05, 3.63) is 18.3 Å². The van der Waals surface area contributed by atoms with E-state index < -0.39 is 15.3 Å². The van der Waals surface area contributed by atoms with Gasteiger partial charge in [0.05, 0.1) is 23.7 Å². The van der Waals surface area contributed by atoms with Gasteiger partial charge in [-0.1, -0.05) is 6.92 Å². The summed E-state index contributed by atoms with van der Waals surface area (Å²) < 4.78 is 31.9. The van der Waals surface area contributed by atoms with E-state index in [1.165, 1.54) is 6.20 Å². The van der Waals surface area contributed by atoms with Gasteiger partial charge in [0.2, 0.25) is 15.9 Å². The molecule has 6 nitrogen and oxygen atoms in total. The summed E-state index contributed by atoms with van der Waals surface area (Å²) in [7, 11) is -3.41. The number of anilines is 1. The van der Waals surface area contributed by atoms with Gasteiger partial charge in [-0.2, -0.15) is 0 Å². The van der Waals surface area contributed by atoms with Gasteiger partial charge in [-0.25, -0.2) is 13.4 Å². The zero-order chi connectivity index (χ0) is 15.0. The number of hydrogen-bond donors (Lipinski definition) is 2. The summed E-state index contributed by atoms with van der Waals surface area (Å²) in [6, 6.07) is 3.28. The van der Waals surface area contributed by atoms with Gasteiger partial charge in [-0.05, 0) is 32.9 Å². The molecular formula is C13H23N3O3S. The van der Waals surface area contributed by atoms with Crippen LogP contribution >= 0.6 is 0 Å². The van der Waals surface area contributed by atoms with Crippen LogP contribution in [0.15, 0.2) is 18.3 Å². The molecule has 0 aliphatic rings. The van der Waals surface area contributed by atoms with Crippen LogP contribution in [0, 0.1) is 0 Å². The molecule has 1 aromatic rings. The van der Waals surface area contributed by atoms with E-state index in [0.717, 1.165) is 13.0 Å². The Labute approximate surface area is 121 Å². The summed E-state index contributed by atoms with van der Waals surface area (Å²) in [5.74, 6) is 0.480. The van der Waals surface area contributed by atoms with Crippen molar-refractivity contribution in [1.29, 1.82) is 0 Å². The molecule has 0 saturated heterocycles. The van der Waals surface area contributed by atoms with Gasteiger partial charge in [0.25, 0.3) is 0 Å². The summed E-state index contributed by atoms with van der Waals surface area (Å²) in [6.07, 6.45) is 2.43. The SMILES string of the molecule is CCCNCC(C)S(=O)(=O)Nc1ccc(OCC)nc1. The number of rotatable bonds is 9. The van der Waals surface area contributed by atoms with Crippen LogP contribution in [0.3, 0.4) is 0 Å². The quantitative estimate of drug-likeness (QED) is 0.677. The Morgan fingerprint density at radius 1 is 1.35 bits per heavy atom. The van der Waals surface area contributed by atoms with Crippen molar-refractivity contribution in [3.63, 3.8) is 0 Å². The van der Waals surface area contributed by atoms with Gasteiger partial charge in [-0.15, -0.1) is 0 Å². The molecule has 1 heterocycles. The average Bonchev–Trinajstić information content (AvgIpc) is 2.41. The Bertz CT molecular complexity index is 488. The molecule has 7 heteroatoms. The monoisotopic (exact) mass is 301 g/mol. The number of pyridine rings is 1. The Morgan fingerprint density at radius 2 is 2.10 bits per heavy atom. The van der Waals surface area contributed by atoms with Crippen molar-refractivity contribution in [2.75, 3.05) is 24.4 Å². The van der Waals surface area contributed by atoms with Gasteiger partial charge in [0.1, 0.15) is 0 Å². The fourth-order valence-corrected chi connectivity index (χ4v) is 2.52. The first-order valence-corrected chi connectivity index (χ1v) is 8.35. The van der Waals surface area contributed by atoms with Gasteiger partial charge in [-0.3, -0.25) is 4.72 Å². The Morgan fingerprint density at radius 3 is 2.65 bits per heavy atom. The minimum absolute atomic E-state index is 0.424. The summed E-state index contributed by atoms with van der Waals surface area (Å²) in [4.78, 5) is 4.02. The lowest BCUT2D eigenvalue weighted by Gasteiger charge is -2.15. The third kappa shape index (κ3) is 5.34. The minimum Gasteiger partial charge on any atom is -0.478 e. The van der Waals surface area contributed by atoms with Crippen molar-refractivity contribution in [3.8, 4) is 5.88 Å². The maximum absolute atomic E-state index is 12.1. The lowest BCUT2D eigenvalue weighted by atomic mass is 10.4. The number of aromatic nitrogens is 1. The highest BCUT2D eigenvalue weighted by atomic mass is 32.2. The second-order valence-electron chi connectivity index (χ2n) is 4.48. The van der Waals surface area contributed by atoms with E-state index in [0.29, 0.717) is 24.7 Å². The highest BCUT2D eigenvalue weighted by Crippen LogP contribution is 2.14. The molecule has 0 amide bonds. The number of ether oxygens (including phenoxy) is 1. The summed E-state index contributed by atoms with van der Waals surface area (Å²) in [6.45, 7) is 7.34. The van der Waals surface area contributed by atoms with Gasteiger partial charge >= 0.3 is 0 Å². The van der Waals surface area contributed by atoms with E-state index in [1.807, 2.05) is 13.8 Å². The van der Waals surface area contributed by atoms with Crippen LogP contribution in [-0.2, 0) is 10.0 Å². The molecule has 1 unspecified atom stereocenters. The van der Waals surface area contributed by atoms with E-state index in [4.69, 9.17) is 4.74 Å². The van der Waals surface area contributed by atoms with E-state index in [1.54, 1.807) is 19.1 Å². The molecule has 0 aliphatic heterocycles. The van der Waals surface area contributed by atoms with Crippen molar-refractivity contribution >= 4 is 15.7 Å². The molecule has 2 N–H and O–H groups in total. The normalized spacial score (nSPS) is 12.9. The van der Waals surface area contributed by atoms with Crippen LogP contribution < -0.4 is 14.8 Å². The van der Waals surface area contributed by atoms with Crippen LogP contribution in [0.4, 0.5) is 5.69 Å². The van der Waals surface area contributed by atoms with E-state index in [-0.39, 0.29) is 0 Å². The Kier molecular flexibility index (Phi) is 6.74. The molecule has 1 aromatic heterocycles. The largest absolute Gasteiger partial charge is 0.478 e. The topological polar surface area (TPSA) is 80.3 Å². The number of hydrogen-bond acceptors (Lipinski definition) is 5. The molecule has 0 spiro atoms. The highest BCUT2D eigenvalue weighted by Gasteiger charge is 2.20. The van der Waals surface area contributed by atoms with E-state index in [9.17, 15) is 8.42 Å². The van der Waals surface area contributed by atoms with Gasteiger partial charge in [0.15, 0.2) is 0 Å². The fourth-order valence-electron chi connectivity index (χ4n) is 1.53. The molecule has 0 aromatic carbocycles. The maximum Gasteiger partial charge on any atom is 0.236 e. The molecular weight excluding hydrogens is 278 g/mol. The van der Waals surface area contributed by atoms with Crippen LogP contribution in [0.2, 0.25) is 0 Å². The van der Waals surface area contributed by atoms with Crippen LogP contribution in [-0.4, -0.2) is 38.3 Å². The van der Waals surface area contributed by atoms with Gasteiger partial charge in [0, 0.05) is 12.6 Å². The standard InChI is InChI=1S/C13H23N3O3S/c1-4-8-14-9-11(3)20(17,18)16-12-6-7-13(15-10-12)19-5-2/h6-7,10-11,14,16H,4-5,8-9H2,1-3H3. The lowest BCUT2D eigenvalue weighted by Crippen LogP contribution is -2.35. The van der Waals surface area contributed by atoms with Crippen molar-refractivity contribution in [2.24, 2.45) is 0 Å². The molecule has 0 aliphatic carbocycles. The van der Waals surface area contributed by atoms with Crippen LogP contribution in [0.1, 0.15) is 27.2 Å². The molecule has 1 atom stereocenters. The second-order valence-corrected chi connectivity index (χ2v) is 6.58. The first kappa shape index (κ1) is 16.7. The first-order valence-electron chi connectivity index (χ1n) is 6.80. The Hall–Kier alpha value is -1.34. The molecule has 0 saturated carbocycles. The zero-order valence-corrected chi connectivity index (χ0v) is 13.0. The summed E-state index contributed by atoms with van der Waals surface area (Å²) in [5, 5.41) is 2.58. The fraction of sp³-hybridized carbons (Fsp3) is 0.615. The molecule has 1 rings (SSSR count). The molecule has 20 heavy (non-hydrogen) atoms. The predicted molar refractivity (Wildman–Crippen MR) is 80.6 cm³/mol. The summed E-state index contributed by atoms with van der Waals surface area (Å²) in [5.41, 5.74) is 0.441. The number of nitrogens with zero attached hydrogens (tertiary/aromatic N) is 1. The minimum atomic E-state index is -3.41. The Balaban J connectivity index is 2.60. The molecule has 0 fully saturated rings. The summed E-state index contributed by atoms with van der Waals surface area (Å²) >= 11 is 0. The first-order chi connectivity index (χ1) is 9.49. The van der Waals surface area contributed by atoms with E-state index in [2.05, 4.69) is 15.0 Å². The highest BCUT2D eigenvalue weighted by molar-refractivity contribution is 7.93. The zero-order valence-electron chi connectivity index (χ0n) is 12.2. The maximum atomic E-state index is 12.1. The van der Waals surface area contributed by atoms with Crippen molar-refractivity contribution in [2.45, 2.75) is 32.4 Å².